The molecule has 0 saturated heterocycles. The number of aromatic nitrogens is 4. The maximum Gasteiger partial charge on any atom is 0.185 e. The summed E-state index contributed by atoms with van der Waals surface area (Å²) in [6, 6.07) is 0. The van der Waals surface area contributed by atoms with Gasteiger partial charge in [-0.1, -0.05) is 6.92 Å². The lowest BCUT2D eigenvalue weighted by molar-refractivity contribution is 0.112. The minimum absolute atomic E-state index is 0.545. The molecule has 2 aromatic rings. The Bertz CT molecular complexity index is 483. The van der Waals surface area contributed by atoms with Gasteiger partial charge in [-0.3, -0.25) is 9.48 Å². The summed E-state index contributed by atoms with van der Waals surface area (Å²) in [7, 11) is 1.78. The van der Waals surface area contributed by atoms with Crippen molar-refractivity contribution in [2.75, 3.05) is 0 Å². The molecule has 78 valence electrons. The Kier molecular flexibility index (Phi) is 2.37. The Morgan fingerprint density at radius 2 is 2.27 bits per heavy atom. The lowest BCUT2D eigenvalue weighted by Gasteiger charge is -1.95. The largest absolute Gasteiger partial charge is 0.298 e. The Morgan fingerprint density at radius 3 is 2.87 bits per heavy atom. The van der Waals surface area contributed by atoms with E-state index in [-0.39, 0.29) is 0 Å². The van der Waals surface area contributed by atoms with Crippen LogP contribution in [-0.4, -0.2) is 25.8 Å². The molecule has 0 unspecified atom stereocenters. The third-order valence-corrected chi connectivity index (χ3v) is 2.22. The maximum absolute atomic E-state index is 10.8. The van der Waals surface area contributed by atoms with E-state index in [9.17, 15) is 4.79 Å². The van der Waals surface area contributed by atoms with E-state index in [2.05, 4.69) is 17.1 Å². The van der Waals surface area contributed by atoms with Crippen LogP contribution in [0.3, 0.4) is 0 Å². The number of hydrogen-bond donors (Lipinski definition) is 0. The monoisotopic (exact) mass is 204 g/mol. The third-order valence-electron chi connectivity index (χ3n) is 2.22. The van der Waals surface area contributed by atoms with Gasteiger partial charge in [0.25, 0.3) is 0 Å². The molecule has 0 amide bonds. The van der Waals surface area contributed by atoms with Crippen LogP contribution in [0.25, 0.3) is 5.82 Å². The van der Waals surface area contributed by atoms with Crippen LogP contribution in [-0.2, 0) is 13.5 Å². The first kappa shape index (κ1) is 9.64. The van der Waals surface area contributed by atoms with E-state index >= 15 is 0 Å². The average molecular weight is 204 g/mol. The fourth-order valence-corrected chi connectivity index (χ4v) is 1.41. The summed E-state index contributed by atoms with van der Waals surface area (Å²) in [4.78, 5) is 10.8. The summed E-state index contributed by atoms with van der Waals surface area (Å²) in [5.74, 6) is 0.576. The molecule has 0 atom stereocenters. The Balaban J connectivity index is 2.47. The van der Waals surface area contributed by atoms with Gasteiger partial charge in [0.1, 0.15) is 0 Å². The molecule has 0 aromatic carbocycles. The number of aldehydes is 1. The zero-order chi connectivity index (χ0) is 10.8. The van der Waals surface area contributed by atoms with Crippen LogP contribution >= 0.6 is 0 Å². The first-order valence-electron chi connectivity index (χ1n) is 4.77. The fourth-order valence-electron chi connectivity index (χ4n) is 1.41. The van der Waals surface area contributed by atoms with Crippen LogP contribution in [0, 0.1) is 0 Å². The van der Waals surface area contributed by atoms with Crippen LogP contribution < -0.4 is 0 Å². The first-order valence-corrected chi connectivity index (χ1v) is 4.77. The van der Waals surface area contributed by atoms with Crippen LogP contribution in [0.4, 0.5) is 0 Å². The zero-order valence-electron chi connectivity index (χ0n) is 8.71. The normalized spacial score (nSPS) is 10.5. The van der Waals surface area contributed by atoms with Crippen molar-refractivity contribution in [1.29, 1.82) is 0 Å². The lowest BCUT2D eigenvalue weighted by atomic mass is 10.3. The highest BCUT2D eigenvalue weighted by Gasteiger charge is 2.09. The highest BCUT2D eigenvalue weighted by atomic mass is 16.1. The molecule has 0 aliphatic heterocycles. The number of rotatable bonds is 3. The molecule has 0 N–H and O–H groups in total. The topological polar surface area (TPSA) is 52.7 Å². The quantitative estimate of drug-likeness (QED) is 0.700. The second-order valence-corrected chi connectivity index (χ2v) is 3.35. The minimum Gasteiger partial charge on any atom is -0.298 e. The van der Waals surface area contributed by atoms with E-state index in [0.29, 0.717) is 11.4 Å². The van der Waals surface area contributed by atoms with Crippen molar-refractivity contribution in [2.45, 2.75) is 13.3 Å². The molecular formula is C10H12N4O. The van der Waals surface area contributed by atoms with Crippen LogP contribution in [0.15, 0.2) is 18.6 Å². The maximum atomic E-state index is 10.8. The zero-order valence-corrected chi connectivity index (χ0v) is 8.71. The van der Waals surface area contributed by atoms with Gasteiger partial charge in [-0.05, 0) is 12.0 Å². The van der Waals surface area contributed by atoms with E-state index < -0.39 is 0 Å². The molecule has 5 nitrogen and oxygen atoms in total. The Hall–Kier alpha value is -1.91. The van der Waals surface area contributed by atoms with Crippen molar-refractivity contribution in [2.24, 2.45) is 7.05 Å². The molecule has 0 aliphatic rings. The highest BCUT2D eigenvalue weighted by Crippen LogP contribution is 2.10. The summed E-state index contributed by atoms with van der Waals surface area (Å²) in [5, 5.41) is 8.35. The highest BCUT2D eigenvalue weighted by molar-refractivity contribution is 5.79. The summed E-state index contributed by atoms with van der Waals surface area (Å²) in [5.41, 5.74) is 1.67. The number of nitrogens with zero attached hydrogens (tertiary/aromatic N) is 4. The van der Waals surface area contributed by atoms with Crippen LogP contribution in [0.5, 0.6) is 0 Å². The molecule has 2 aromatic heterocycles. The minimum atomic E-state index is 0.545. The van der Waals surface area contributed by atoms with E-state index in [4.69, 9.17) is 0 Å². The van der Waals surface area contributed by atoms with Crippen molar-refractivity contribution in [3.8, 4) is 5.82 Å². The molecule has 2 heterocycles. The fraction of sp³-hybridized carbons (Fsp3) is 0.300. The van der Waals surface area contributed by atoms with E-state index in [1.165, 1.54) is 0 Å². The lowest BCUT2D eigenvalue weighted by Crippen LogP contribution is -1.99. The number of carbonyl (C=O) groups excluding carboxylic acids is 1. The third kappa shape index (κ3) is 1.68. The molecule has 0 saturated carbocycles. The molecule has 0 bridgehead atoms. The van der Waals surface area contributed by atoms with Gasteiger partial charge in [0.05, 0.1) is 11.8 Å². The van der Waals surface area contributed by atoms with Crippen molar-refractivity contribution < 1.29 is 4.79 Å². The van der Waals surface area contributed by atoms with Crippen molar-refractivity contribution in [1.82, 2.24) is 19.6 Å². The van der Waals surface area contributed by atoms with E-state index in [1.54, 1.807) is 28.8 Å². The molecular weight excluding hydrogens is 192 g/mol. The molecule has 0 radical (unpaired) electrons. The van der Waals surface area contributed by atoms with Gasteiger partial charge in [-0.25, -0.2) is 4.68 Å². The van der Waals surface area contributed by atoms with Gasteiger partial charge in [-0.2, -0.15) is 10.2 Å². The van der Waals surface area contributed by atoms with Gasteiger partial charge in [0.2, 0.25) is 0 Å². The molecule has 0 aliphatic carbocycles. The van der Waals surface area contributed by atoms with Crippen molar-refractivity contribution in [3.63, 3.8) is 0 Å². The predicted molar refractivity (Wildman–Crippen MR) is 55.1 cm³/mol. The second-order valence-electron chi connectivity index (χ2n) is 3.35. The molecule has 0 spiro atoms. The smallest absolute Gasteiger partial charge is 0.185 e. The molecule has 2 rings (SSSR count). The van der Waals surface area contributed by atoms with Gasteiger partial charge >= 0.3 is 0 Å². The summed E-state index contributed by atoms with van der Waals surface area (Å²) < 4.78 is 3.23. The standard InChI is InChI=1S/C10H12N4O/c1-3-8-4-11-14(5-8)10-9(7-15)6-13(2)12-10/h4-7H,3H2,1-2H3. The number of aryl methyl sites for hydroxylation is 2. The Labute approximate surface area is 87.3 Å². The molecule has 0 fully saturated rings. The van der Waals surface area contributed by atoms with Gasteiger partial charge in [0, 0.05) is 19.4 Å². The number of hydrogen-bond acceptors (Lipinski definition) is 3. The predicted octanol–water partition coefficient (Wildman–Crippen LogP) is 0.981. The number of carbonyl (C=O) groups is 1. The average Bonchev–Trinajstić information content (AvgIpc) is 2.82. The SMILES string of the molecule is CCc1cnn(-c2nn(C)cc2C=O)c1. The van der Waals surface area contributed by atoms with Crippen molar-refractivity contribution in [3.05, 3.63) is 29.7 Å². The molecule has 5 heteroatoms. The van der Waals surface area contributed by atoms with E-state index in [1.807, 2.05) is 6.20 Å². The van der Waals surface area contributed by atoms with Crippen LogP contribution in [0.2, 0.25) is 0 Å². The van der Waals surface area contributed by atoms with E-state index in [0.717, 1.165) is 18.3 Å². The van der Waals surface area contributed by atoms with Crippen molar-refractivity contribution >= 4 is 6.29 Å². The Morgan fingerprint density at radius 1 is 1.47 bits per heavy atom. The van der Waals surface area contributed by atoms with Gasteiger partial charge in [-0.15, -0.1) is 0 Å². The van der Waals surface area contributed by atoms with Crippen LogP contribution in [0.1, 0.15) is 22.8 Å². The van der Waals surface area contributed by atoms with Gasteiger partial charge < -0.3 is 0 Å². The summed E-state index contributed by atoms with van der Waals surface area (Å²) in [6.07, 6.45) is 7.05. The first-order chi connectivity index (χ1) is 7.24. The van der Waals surface area contributed by atoms with Gasteiger partial charge in [0.15, 0.2) is 12.1 Å². The summed E-state index contributed by atoms with van der Waals surface area (Å²) in [6.45, 7) is 2.06. The molecule has 15 heavy (non-hydrogen) atoms. The second kappa shape index (κ2) is 3.68. The summed E-state index contributed by atoms with van der Waals surface area (Å²) >= 11 is 0.